The van der Waals surface area contributed by atoms with Crippen molar-refractivity contribution in [1.82, 2.24) is 5.32 Å². The lowest BCUT2D eigenvalue weighted by atomic mass is 9.88. The van der Waals surface area contributed by atoms with Crippen LogP contribution in [0.4, 0.5) is 0 Å². The van der Waals surface area contributed by atoms with Crippen molar-refractivity contribution in [3.63, 3.8) is 0 Å². The van der Waals surface area contributed by atoms with Crippen molar-refractivity contribution in [2.24, 2.45) is 5.92 Å². The van der Waals surface area contributed by atoms with E-state index >= 15 is 0 Å². The molecular formula is C15H25N. The highest BCUT2D eigenvalue weighted by Gasteiger charge is 2.13. The molecule has 2 atom stereocenters. The van der Waals surface area contributed by atoms with Gasteiger partial charge in [-0.1, -0.05) is 51.5 Å². The highest BCUT2D eigenvalue weighted by molar-refractivity contribution is 5.25. The van der Waals surface area contributed by atoms with Crippen molar-refractivity contribution >= 4 is 0 Å². The molecule has 0 aliphatic heterocycles. The third-order valence-corrected chi connectivity index (χ3v) is 3.42. The zero-order valence-corrected chi connectivity index (χ0v) is 11.1. The van der Waals surface area contributed by atoms with E-state index in [2.05, 4.69) is 50.4 Å². The molecular weight excluding hydrogens is 194 g/mol. The maximum atomic E-state index is 3.25. The average molecular weight is 219 g/mol. The molecule has 0 heterocycles. The molecule has 1 nitrogen and oxygen atoms in total. The van der Waals surface area contributed by atoms with Gasteiger partial charge in [0.15, 0.2) is 0 Å². The van der Waals surface area contributed by atoms with Gasteiger partial charge in [-0.25, -0.2) is 0 Å². The Kier molecular flexibility index (Phi) is 5.54. The van der Waals surface area contributed by atoms with Crippen molar-refractivity contribution < 1.29 is 0 Å². The van der Waals surface area contributed by atoms with Crippen LogP contribution in [0.3, 0.4) is 0 Å². The fourth-order valence-corrected chi connectivity index (χ4v) is 2.10. The number of aryl methyl sites for hydroxylation is 1. The van der Waals surface area contributed by atoms with Crippen LogP contribution in [0.1, 0.15) is 44.2 Å². The predicted octanol–water partition coefficient (Wildman–Crippen LogP) is 3.60. The third-order valence-electron chi connectivity index (χ3n) is 3.42. The fourth-order valence-electron chi connectivity index (χ4n) is 2.10. The molecule has 2 unspecified atom stereocenters. The summed E-state index contributed by atoms with van der Waals surface area (Å²) in [6.07, 6.45) is 2.42. The summed E-state index contributed by atoms with van der Waals surface area (Å²) in [6.45, 7) is 7.93. The molecule has 0 bridgehead atoms. The number of hydrogen-bond donors (Lipinski definition) is 1. The molecule has 1 aromatic carbocycles. The van der Waals surface area contributed by atoms with E-state index in [0.717, 1.165) is 6.54 Å². The van der Waals surface area contributed by atoms with E-state index in [0.29, 0.717) is 11.8 Å². The second kappa shape index (κ2) is 6.70. The van der Waals surface area contributed by atoms with Gasteiger partial charge in [-0.2, -0.15) is 0 Å². The summed E-state index contributed by atoms with van der Waals surface area (Å²) in [6, 6.07) is 9.15. The summed E-state index contributed by atoms with van der Waals surface area (Å²) >= 11 is 0. The van der Waals surface area contributed by atoms with Gasteiger partial charge in [0.2, 0.25) is 0 Å². The molecule has 0 fully saturated rings. The van der Waals surface area contributed by atoms with E-state index in [9.17, 15) is 0 Å². The van der Waals surface area contributed by atoms with Gasteiger partial charge in [0, 0.05) is 0 Å². The number of benzene rings is 1. The minimum atomic E-state index is 0.628. The Hall–Kier alpha value is -0.820. The Labute approximate surface area is 100 Å². The second-order valence-electron chi connectivity index (χ2n) is 4.82. The molecule has 1 rings (SSSR count). The Morgan fingerprint density at radius 2 is 1.75 bits per heavy atom. The van der Waals surface area contributed by atoms with Crippen molar-refractivity contribution in [2.45, 2.75) is 39.5 Å². The summed E-state index contributed by atoms with van der Waals surface area (Å²) in [5.41, 5.74) is 2.92. The monoisotopic (exact) mass is 219 g/mol. The quantitative estimate of drug-likeness (QED) is 0.771. The fraction of sp³-hybridized carbons (Fsp3) is 0.600. The molecule has 1 aromatic rings. The van der Waals surface area contributed by atoms with Crippen LogP contribution in [0.2, 0.25) is 0 Å². The van der Waals surface area contributed by atoms with Crippen LogP contribution < -0.4 is 5.32 Å². The van der Waals surface area contributed by atoms with Crippen molar-refractivity contribution in [1.29, 1.82) is 0 Å². The third kappa shape index (κ3) is 3.64. The smallest absolute Gasteiger partial charge is 0.00204 e. The first-order valence-corrected chi connectivity index (χ1v) is 6.42. The van der Waals surface area contributed by atoms with Crippen LogP contribution >= 0.6 is 0 Å². The van der Waals surface area contributed by atoms with Gasteiger partial charge in [-0.05, 0) is 43.0 Å². The molecule has 0 aromatic heterocycles. The van der Waals surface area contributed by atoms with Crippen molar-refractivity contribution in [3.8, 4) is 0 Å². The molecule has 0 spiro atoms. The molecule has 1 N–H and O–H groups in total. The minimum absolute atomic E-state index is 0.628. The largest absolute Gasteiger partial charge is 0.319 e. The Balaban J connectivity index is 2.65. The number of hydrogen-bond acceptors (Lipinski definition) is 1. The van der Waals surface area contributed by atoms with Gasteiger partial charge < -0.3 is 5.32 Å². The van der Waals surface area contributed by atoms with Gasteiger partial charge in [-0.3, -0.25) is 0 Å². The van der Waals surface area contributed by atoms with Gasteiger partial charge >= 0.3 is 0 Å². The lowest BCUT2D eigenvalue weighted by molar-refractivity contribution is 0.466. The summed E-state index contributed by atoms with van der Waals surface area (Å²) < 4.78 is 0. The van der Waals surface area contributed by atoms with E-state index in [1.165, 1.54) is 24.0 Å². The summed E-state index contributed by atoms with van der Waals surface area (Å²) in [7, 11) is 2.02. The standard InChI is InChI=1S/C15H25N/c1-5-6-14-7-9-15(10-8-14)13(3)12(2)11-16-4/h7-10,12-13,16H,5-6,11H2,1-4H3. The van der Waals surface area contributed by atoms with Gasteiger partial charge in [0.05, 0.1) is 0 Å². The zero-order valence-electron chi connectivity index (χ0n) is 11.1. The second-order valence-corrected chi connectivity index (χ2v) is 4.82. The molecule has 0 aliphatic carbocycles. The van der Waals surface area contributed by atoms with Crippen LogP contribution in [-0.2, 0) is 6.42 Å². The molecule has 0 saturated carbocycles. The normalized spacial score (nSPS) is 14.8. The first-order valence-electron chi connectivity index (χ1n) is 6.42. The van der Waals surface area contributed by atoms with Crippen LogP contribution in [0.5, 0.6) is 0 Å². The molecule has 0 radical (unpaired) electrons. The first kappa shape index (κ1) is 13.2. The lowest BCUT2D eigenvalue weighted by Crippen LogP contribution is -2.20. The van der Waals surface area contributed by atoms with E-state index in [1.54, 1.807) is 0 Å². The lowest BCUT2D eigenvalue weighted by Gasteiger charge is -2.20. The van der Waals surface area contributed by atoms with E-state index in [1.807, 2.05) is 7.05 Å². The van der Waals surface area contributed by atoms with Gasteiger partial charge in [0.1, 0.15) is 0 Å². The Morgan fingerprint density at radius 3 is 2.25 bits per heavy atom. The highest BCUT2D eigenvalue weighted by Crippen LogP contribution is 2.24. The minimum Gasteiger partial charge on any atom is -0.319 e. The predicted molar refractivity (Wildman–Crippen MR) is 71.9 cm³/mol. The van der Waals surface area contributed by atoms with Crippen LogP contribution in [0.15, 0.2) is 24.3 Å². The van der Waals surface area contributed by atoms with Gasteiger partial charge in [-0.15, -0.1) is 0 Å². The maximum Gasteiger partial charge on any atom is -0.00204 e. The first-order chi connectivity index (χ1) is 7.69. The van der Waals surface area contributed by atoms with Crippen LogP contribution in [0, 0.1) is 5.92 Å². The van der Waals surface area contributed by atoms with E-state index in [4.69, 9.17) is 0 Å². The average Bonchev–Trinajstić information content (AvgIpc) is 2.30. The van der Waals surface area contributed by atoms with E-state index < -0.39 is 0 Å². The molecule has 0 aliphatic rings. The molecule has 0 amide bonds. The van der Waals surface area contributed by atoms with Crippen LogP contribution in [0.25, 0.3) is 0 Å². The molecule has 1 heteroatoms. The highest BCUT2D eigenvalue weighted by atomic mass is 14.8. The van der Waals surface area contributed by atoms with Crippen molar-refractivity contribution in [3.05, 3.63) is 35.4 Å². The molecule has 0 saturated heterocycles. The maximum absolute atomic E-state index is 3.25. The Bertz CT molecular complexity index is 289. The van der Waals surface area contributed by atoms with Crippen molar-refractivity contribution in [2.75, 3.05) is 13.6 Å². The summed E-state index contributed by atoms with van der Waals surface area (Å²) in [5, 5.41) is 3.25. The number of nitrogens with one attached hydrogen (secondary N) is 1. The molecule has 16 heavy (non-hydrogen) atoms. The molecule has 90 valence electrons. The van der Waals surface area contributed by atoms with E-state index in [-0.39, 0.29) is 0 Å². The topological polar surface area (TPSA) is 12.0 Å². The van der Waals surface area contributed by atoms with Crippen LogP contribution in [-0.4, -0.2) is 13.6 Å². The summed E-state index contributed by atoms with van der Waals surface area (Å²) in [5.74, 6) is 1.31. The number of rotatable bonds is 6. The Morgan fingerprint density at radius 1 is 1.12 bits per heavy atom. The van der Waals surface area contributed by atoms with Gasteiger partial charge in [0.25, 0.3) is 0 Å². The zero-order chi connectivity index (χ0) is 12.0. The SMILES string of the molecule is CCCc1ccc(C(C)C(C)CNC)cc1. The summed E-state index contributed by atoms with van der Waals surface area (Å²) in [4.78, 5) is 0.